The van der Waals surface area contributed by atoms with E-state index in [2.05, 4.69) is 26.7 Å². The van der Waals surface area contributed by atoms with E-state index >= 15 is 0 Å². The first-order valence-corrected chi connectivity index (χ1v) is 9.98. The number of nitrogens with one attached hydrogen (secondary N) is 2. The molecule has 0 bridgehead atoms. The molecule has 0 spiro atoms. The molecule has 7 nitrogen and oxygen atoms in total. The summed E-state index contributed by atoms with van der Waals surface area (Å²) in [5.41, 5.74) is 4.73. The minimum atomic E-state index is -0.171. The summed E-state index contributed by atoms with van der Waals surface area (Å²) in [6.45, 7) is 5.84. The second-order valence-electron chi connectivity index (χ2n) is 7.14. The van der Waals surface area contributed by atoms with Crippen molar-refractivity contribution in [2.75, 3.05) is 0 Å². The lowest BCUT2D eigenvalue weighted by molar-refractivity contribution is 0.235. The normalized spacial score (nSPS) is 12.6. The monoisotopic (exact) mass is 394 g/mol. The summed E-state index contributed by atoms with van der Waals surface area (Å²) in [5, 5.41) is 6.72. The highest BCUT2D eigenvalue weighted by molar-refractivity contribution is 7.21. The molecule has 8 heteroatoms. The number of carbonyl (C=O) groups excluding carboxylic acids is 1. The SMILES string of the molecule is CC(C)NC(=O)N[C@@H](C)c1cccc(-c2nc3c(ncc4ncn(C)c43)s2)c1. The van der Waals surface area contributed by atoms with Gasteiger partial charge >= 0.3 is 6.03 Å². The molecule has 0 saturated heterocycles. The number of carbonyl (C=O) groups is 1. The molecule has 1 aromatic carbocycles. The molecule has 2 N–H and O–H groups in total. The van der Waals surface area contributed by atoms with Gasteiger partial charge in [0.1, 0.15) is 20.9 Å². The van der Waals surface area contributed by atoms with Crippen LogP contribution in [0, 0.1) is 0 Å². The standard InChI is InChI=1S/C20H22N6OS/c1-11(2)23-20(27)24-12(3)13-6-5-7-14(8-13)18-25-16-17-15(22-10-26(17)4)9-21-19(16)28-18/h5-12H,1-4H3,(H2,23,24,27)/t12-/m0/s1. The van der Waals surface area contributed by atoms with Gasteiger partial charge in [-0.05, 0) is 32.4 Å². The molecule has 144 valence electrons. The van der Waals surface area contributed by atoms with Gasteiger partial charge < -0.3 is 15.2 Å². The maximum atomic E-state index is 12.0. The molecular formula is C20H22N6OS. The molecule has 28 heavy (non-hydrogen) atoms. The lowest BCUT2D eigenvalue weighted by Gasteiger charge is -2.17. The average molecular weight is 395 g/mol. The lowest BCUT2D eigenvalue weighted by atomic mass is 10.1. The average Bonchev–Trinajstić information content (AvgIpc) is 3.24. The smallest absolute Gasteiger partial charge is 0.315 e. The predicted molar refractivity (Wildman–Crippen MR) is 112 cm³/mol. The predicted octanol–water partition coefficient (Wildman–Crippen LogP) is 4.01. The fourth-order valence-corrected chi connectivity index (χ4v) is 4.06. The summed E-state index contributed by atoms with van der Waals surface area (Å²) in [4.78, 5) is 26.6. The number of thiazole rings is 1. The van der Waals surface area contributed by atoms with Gasteiger partial charge in [0.15, 0.2) is 0 Å². The zero-order chi connectivity index (χ0) is 19.8. The van der Waals surface area contributed by atoms with E-state index in [4.69, 9.17) is 4.98 Å². The number of hydrogen-bond acceptors (Lipinski definition) is 5. The summed E-state index contributed by atoms with van der Waals surface area (Å²) in [5.74, 6) is 0. The van der Waals surface area contributed by atoms with Crippen LogP contribution >= 0.6 is 11.3 Å². The number of pyridine rings is 1. The van der Waals surface area contributed by atoms with Crippen LogP contribution in [0.5, 0.6) is 0 Å². The van der Waals surface area contributed by atoms with Crippen LogP contribution in [-0.2, 0) is 7.05 Å². The van der Waals surface area contributed by atoms with Gasteiger partial charge in [0.2, 0.25) is 0 Å². The largest absolute Gasteiger partial charge is 0.336 e. The number of fused-ring (bicyclic) bond motifs is 3. The van der Waals surface area contributed by atoms with Crippen LogP contribution in [0.1, 0.15) is 32.4 Å². The summed E-state index contributed by atoms with van der Waals surface area (Å²) in [6.07, 6.45) is 3.57. The van der Waals surface area contributed by atoms with E-state index in [9.17, 15) is 4.79 Å². The number of amides is 2. The van der Waals surface area contributed by atoms with Crippen molar-refractivity contribution in [1.82, 2.24) is 30.2 Å². The van der Waals surface area contributed by atoms with Crippen LogP contribution in [0.15, 0.2) is 36.8 Å². The maximum Gasteiger partial charge on any atom is 0.315 e. The second kappa shape index (κ2) is 7.20. The molecule has 0 radical (unpaired) electrons. The summed E-state index contributed by atoms with van der Waals surface area (Å²) in [6, 6.07) is 7.90. The molecular weight excluding hydrogens is 372 g/mol. The van der Waals surface area contributed by atoms with E-state index in [-0.39, 0.29) is 18.1 Å². The quantitative estimate of drug-likeness (QED) is 0.548. The molecule has 0 aliphatic heterocycles. The Balaban J connectivity index is 1.66. The van der Waals surface area contributed by atoms with E-state index in [0.717, 1.165) is 37.5 Å². The maximum absolute atomic E-state index is 12.0. The van der Waals surface area contributed by atoms with Crippen LogP contribution < -0.4 is 10.6 Å². The van der Waals surface area contributed by atoms with Crippen molar-refractivity contribution in [1.29, 1.82) is 0 Å². The summed E-state index contributed by atoms with van der Waals surface area (Å²) >= 11 is 1.56. The van der Waals surface area contributed by atoms with Gasteiger partial charge in [0.05, 0.1) is 24.1 Å². The summed E-state index contributed by atoms with van der Waals surface area (Å²) < 4.78 is 1.97. The number of rotatable bonds is 4. The zero-order valence-electron chi connectivity index (χ0n) is 16.2. The van der Waals surface area contributed by atoms with Gasteiger partial charge in [-0.3, -0.25) is 0 Å². The van der Waals surface area contributed by atoms with Gasteiger partial charge in [0.25, 0.3) is 0 Å². The van der Waals surface area contributed by atoms with Crippen LogP contribution in [0.4, 0.5) is 4.79 Å². The molecule has 0 unspecified atom stereocenters. The van der Waals surface area contributed by atoms with Crippen LogP contribution in [-0.4, -0.2) is 31.6 Å². The molecule has 0 saturated carbocycles. The second-order valence-corrected chi connectivity index (χ2v) is 8.12. The minimum absolute atomic E-state index is 0.0950. The highest BCUT2D eigenvalue weighted by atomic mass is 32.1. The van der Waals surface area contributed by atoms with Crippen molar-refractivity contribution in [2.24, 2.45) is 7.05 Å². The Bertz CT molecular complexity index is 1160. The van der Waals surface area contributed by atoms with Crippen LogP contribution in [0.3, 0.4) is 0 Å². The van der Waals surface area contributed by atoms with Gasteiger partial charge in [-0.25, -0.2) is 19.7 Å². The first-order valence-electron chi connectivity index (χ1n) is 9.16. The number of nitrogens with zero attached hydrogens (tertiary/aromatic N) is 4. The number of aromatic nitrogens is 4. The van der Waals surface area contributed by atoms with Crippen LogP contribution in [0.2, 0.25) is 0 Å². The zero-order valence-corrected chi connectivity index (χ0v) is 17.0. The molecule has 1 atom stereocenters. The van der Waals surface area contributed by atoms with Crippen molar-refractivity contribution in [3.05, 3.63) is 42.4 Å². The van der Waals surface area contributed by atoms with Crippen molar-refractivity contribution < 1.29 is 4.79 Å². The van der Waals surface area contributed by atoms with Crippen molar-refractivity contribution in [3.8, 4) is 10.6 Å². The van der Waals surface area contributed by atoms with E-state index in [1.54, 1.807) is 23.9 Å². The molecule has 3 aromatic heterocycles. The Hall–Kier alpha value is -3.00. The molecule has 4 aromatic rings. The molecule has 2 amide bonds. The number of hydrogen-bond donors (Lipinski definition) is 2. The number of aryl methyl sites for hydroxylation is 1. The van der Waals surface area contributed by atoms with E-state index in [0.29, 0.717) is 0 Å². The first kappa shape index (κ1) is 18.4. The summed E-state index contributed by atoms with van der Waals surface area (Å²) in [7, 11) is 1.96. The van der Waals surface area contributed by atoms with E-state index in [1.165, 1.54) is 0 Å². The van der Waals surface area contributed by atoms with Crippen molar-refractivity contribution in [3.63, 3.8) is 0 Å². The van der Waals surface area contributed by atoms with Gasteiger partial charge in [0, 0.05) is 18.7 Å². The third-order valence-electron chi connectivity index (χ3n) is 4.50. The van der Waals surface area contributed by atoms with Crippen LogP contribution in [0.25, 0.3) is 32.0 Å². The molecule has 4 rings (SSSR count). The Labute approximate surface area is 166 Å². The third kappa shape index (κ3) is 3.43. The molecule has 3 heterocycles. The van der Waals surface area contributed by atoms with Crippen molar-refractivity contribution in [2.45, 2.75) is 32.9 Å². The van der Waals surface area contributed by atoms with E-state index < -0.39 is 0 Å². The highest BCUT2D eigenvalue weighted by Gasteiger charge is 2.15. The Kier molecular flexibility index (Phi) is 4.72. The van der Waals surface area contributed by atoms with E-state index in [1.807, 2.05) is 50.6 Å². The highest BCUT2D eigenvalue weighted by Crippen LogP contribution is 2.33. The number of urea groups is 1. The van der Waals surface area contributed by atoms with Gasteiger partial charge in [-0.2, -0.15) is 0 Å². The Morgan fingerprint density at radius 2 is 2.00 bits per heavy atom. The molecule has 0 fully saturated rings. The number of benzene rings is 1. The Morgan fingerprint density at radius 1 is 1.18 bits per heavy atom. The van der Waals surface area contributed by atoms with Gasteiger partial charge in [-0.15, -0.1) is 0 Å². The Morgan fingerprint density at radius 3 is 2.79 bits per heavy atom. The van der Waals surface area contributed by atoms with Crippen molar-refractivity contribution >= 4 is 38.7 Å². The molecule has 0 aliphatic rings. The third-order valence-corrected chi connectivity index (χ3v) is 5.52. The minimum Gasteiger partial charge on any atom is -0.336 e. The fraction of sp³-hybridized carbons (Fsp3) is 0.300. The lowest BCUT2D eigenvalue weighted by Crippen LogP contribution is -2.40. The molecule has 0 aliphatic carbocycles. The van der Waals surface area contributed by atoms with Gasteiger partial charge in [-0.1, -0.05) is 29.5 Å². The first-order chi connectivity index (χ1) is 13.4. The topological polar surface area (TPSA) is 84.7 Å². The fourth-order valence-electron chi connectivity index (χ4n) is 3.15. The number of imidazole rings is 1.